The number of morpholine rings is 1. The van der Waals surface area contributed by atoms with Crippen molar-refractivity contribution in [2.75, 3.05) is 44.7 Å². The lowest BCUT2D eigenvalue weighted by atomic mass is 10.3. The zero-order valence-corrected chi connectivity index (χ0v) is 18.6. The monoisotopic (exact) mass is 449 g/mol. The van der Waals surface area contributed by atoms with Crippen LogP contribution in [0.3, 0.4) is 0 Å². The second-order valence-corrected chi connectivity index (χ2v) is 8.41. The molecule has 0 radical (unpaired) electrons. The van der Waals surface area contributed by atoms with Crippen molar-refractivity contribution in [3.8, 4) is 0 Å². The number of nitrogens with zero attached hydrogens (tertiary/aromatic N) is 3. The molecular weight excluding hydrogens is 421 g/mol. The predicted molar refractivity (Wildman–Crippen MR) is 118 cm³/mol. The van der Waals surface area contributed by atoms with Crippen LogP contribution in [0.1, 0.15) is 29.3 Å². The number of carbonyl (C=O) groups excluding carboxylic acids is 2. The van der Waals surface area contributed by atoms with Gasteiger partial charge in [-0.25, -0.2) is 14.2 Å². The molecule has 2 heterocycles. The predicted octanol–water partition coefficient (Wildman–Crippen LogP) is 2.79. The summed E-state index contributed by atoms with van der Waals surface area (Å²) in [6.45, 7) is 8.46. The molecule has 2 N–H and O–H groups in total. The van der Waals surface area contributed by atoms with Crippen LogP contribution >= 0.6 is 11.3 Å². The van der Waals surface area contributed by atoms with Gasteiger partial charge in [0, 0.05) is 37.6 Å². The molecule has 1 aromatic carbocycles. The maximum absolute atomic E-state index is 13.9. The summed E-state index contributed by atoms with van der Waals surface area (Å²) in [5, 5.41) is 7.80. The number of anilines is 1. The summed E-state index contributed by atoms with van der Waals surface area (Å²) in [5.41, 5.74) is 0.456. The fourth-order valence-corrected chi connectivity index (χ4v) is 3.89. The van der Waals surface area contributed by atoms with E-state index < -0.39 is 11.8 Å². The lowest BCUT2D eigenvalue weighted by Crippen LogP contribution is -2.41. The van der Waals surface area contributed by atoms with Crippen LogP contribution in [0.2, 0.25) is 0 Å². The Morgan fingerprint density at radius 1 is 1.29 bits per heavy atom. The molecule has 1 aliphatic heterocycles. The van der Waals surface area contributed by atoms with E-state index in [1.54, 1.807) is 22.4 Å². The van der Waals surface area contributed by atoms with Gasteiger partial charge in [-0.05, 0) is 26.0 Å². The van der Waals surface area contributed by atoms with Gasteiger partial charge in [0.05, 0.1) is 25.4 Å². The Balaban J connectivity index is 1.53. The molecule has 0 atom stereocenters. The van der Waals surface area contributed by atoms with E-state index >= 15 is 0 Å². The Labute approximate surface area is 185 Å². The molecule has 0 spiro atoms. The molecule has 3 rings (SSSR count). The molecule has 0 saturated carbocycles. The molecule has 1 aromatic heterocycles. The number of thiazole rings is 1. The fourth-order valence-electron chi connectivity index (χ4n) is 3.11. The first kappa shape index (κ1) is 23.1. The maximum Gasteiger partial charge on any atom is 0.322 e. The van der Waals surface area contributed by atoms with E-state index in [2.05, 4.69) is 20.5 Å². The van der Waals surface area contributed by atoms with E-state index in [9.17, 15) is 14.0 Å². The quantitative estimate of drug-likeness (QED) is 0.647. The summed E-state index contributed by atoms with van der Waals surface area (Å²) < 4.78 is 19.2. The molecule has 2 aromatic rings. The molecule has 1 fully saturated rings. The number of aromatic nitrogens is 1. The van der Waals surface area contributed by atoms with Crippen molar-refractivity contribution in [1.29, 1.82) is 0 Å². The summed E-state index contributed by atoms with van der Waals surface area (Å²) in [6.07, 6.45) is 0. The van der Waals surface area contributed by atoms with Crippen LogP contribution in [0, 0.1) is 5.82 Å². The highest BCUT2D eigenvalue weighted by atomic mass is 32.1. The Morgan fingerprint density at radius 3 is 2.74 bits per heavy atom. The summed E-state index contributed by atoms with van der Waals surface area (Å²) in [7, 11) is 0. The van der Waals surface area contributed by atoms with Crippen molar-refractivity contribution in [2.45, 2.75) is 26.4 Å². The number of carbonyl (C=O) groups is 2. The zero-order chi connectivity index (χ0) is 22.2. The van der Waals surface area contributed by atoms with Crippen molar-refractivity contribution in [3.05, 3.63) is 46.2 Å². The SMILES string of the molecule is CC(C)N(Cc1nc(C(=O)NCCN2CCOCC2)cs1)C(=O)Nc1ccccc1F. The molecule has 1 saturated heterocycles. The standard InChI is InChI=1S/C21H28FN5O3S/c1-15(2)27(21(29)25-17-6-4-3-5-16(17)22)13-19-24-18(14-31-19)20(28)23-7-8-26-9-11-30-12-10-26/h3-6,14-15H,7-13H2,1-2H3,(H,23,28)(H,25,29). The highest BCUT2D eigenvalue weighted by Gasteiger charge is 2.21. The van der Waals surface area contributed by atoms with Gasteiger partial charge in [0.15, 0.2) is 0 Å². The largest absolute Gasteiger partial charge is 0.379 e. The van der Waals surface area contributed by atoms with Crippen molar-refractivity contribution in [2.24, 2.45) is 0 Å². The molecule has 31 heavy (non-hydrogen) atoms. The van der Waals surface area contributed by atoms with E-state index in [0.29, 0.717) is 17.2 Å². The smallest absolute Gasteiger partial charge is 0.322 e. The second kappa shape index (κ2) is 11.2. The number of urea groups is 1. The minimum atomic E-state index is -0.496. The van der Waals surface area contributed by atoms with Crippen LogP contribution in [0.25, 0.3) is 0 Å². The molecule has 0 bridgehead atoms. The number of para-hydroxylation sites is 1. The minimum Gasteiger partial charge on any atom is -0.379 e. The number of amides is 3. The Hall–Kier alpha value is -2.56. The molecule has 0 unspecified atom stereocenters. The third-order valence-electron chi connectivity index (χ3n) is 4.91. The van der Waals surface area contributed by atoms with Gasteiger partial charge in [-0.2, -0.15) is 0 Å². The minimum absolute atomic E-state index is 0.123. The van der Waals surface area contributed by atoms with Gasteiger partial charge in [-0.3, -0.25) is 9.69 Å². The van der Waals surface area contributed by atoms with E-state index in [4.69, 9.17) is 4.74 Å². The second-order valence-electron chi connectivity index (χ2n) is 7.47. The van der Waals surface area contributed by atoms with Crippen molar-refractivity contribution >= 4 is 29.0 Å². The average Bonchev–Trinajstić information content (AvgIpc) is 3.23. The highest BCUT2D eigenvalue weighted by molar-refractivity contribution is 7.09. The van der Waals surface area contributed by atoms with Gasteiger partial charge >= 0.3 is 6.03 Å². The molecule has 0 aliphatic carbocycles. The summed E-state index contributed by atoms with van der Waals surface area (Å²) in [5.74, 6) is -0.729. The van der Waals surface area contributed by atoms with E-state index in [1.165, 1.54) is 23.5 Å². The first-order chi connectivity index (χ1) is 14.9. The van der Waals surface area contributed by atoms with Crippen LogP contribution in [-0.4, -0.2) is 72.2 Å². The number of hydrogen-bond donors (Lipinski definition) is 2. The van der Waals surface area contributed by atoms with Crippen LogP contribution in [0.4, 0.5) is 14.9 Å². The Kier molecular flexibility index (Phi) is 8.33. The first-order valence-electron chi connectivity index (χ1n) is 10.3. The van der Waals surface area contributed by atoms with E-state index in [1.807, 2.05) is 13.8 Å². The summed E-state index contributed by atoms with van der Waals surface area (Å²) >= 11 is 1.32. The van der Waals surface area contributed by atoms with Crippen molar-refractivity contribution in [1.82, 2.24) is 20.1 Å². The van der Waals surface area contributed by atoms with Crippen LogP contribution in [0.15, 0.2) is 29.6 Å². The molecule has 8 nitrogen and oxygen atoms in total. The van der Waals surface area contributed by atoms with Crippen LogP contribution in [0.5, 0.6) is 0 Å². The molecule has 168 valence electrons. The maximum atomic E-state index is 13.9. The van der Waals surface area contributed by atoms with Gasteiger partial charge in [0.1, 0.15) is 16.5 Å². The molecule has 1 aliphatic rings. The van der Waals surface area contributed by atoms with Crippen LogP contribution < -0.4 is 10.6 Å². The molecule has 3 amide bonds. The van der Waals surface area contributed by atoms with E-state index in [-0.39, 0.29) is 24.2 Å². The number of hydrogen-bond acceptors (Lipinski definition) is 6. The van der Waals surface area contributed by atoms with E-state index in [0.717, 1.165) is 32.8 Å². The summed E-state index contributed by atoms with van der Waals surface area (Å²) in [6, 6.07) is 5.46. The normalized spacial score (nSPS) is 14.5. The average molecular weight is 450 g/mol. The molecular formula is C21H28FN5O3S. The lowest BCUT2D eigenvalue weighted by Gasteiger charge is -2.26. The highest BCUT2D eigenvalue weighted by Crippen LogP contribution is 2.18. The summed E-state index contributed by atoms with van der Waals surface area (Å²) in [4.78, 5) is 33.2. The van der Waals surface area contributed by atoms with Gasteiger partial charge in [0.25, 0.3) is 5.91 Å². The third kappa shape index (κ3) is 6.71. The number of nitrogens with one attached hydrogen (secondary N) is 2. The van der Waals surface area contributed by atoms with Gasteiger partial charge in [-0.15, -0.1) is 11.3 Å². The van der Waals surface area contributed by atoms with Crippen molar-refractivity contribution in [3.63, 3.8) is 0 Å². The molecule has 10 heteroatoms. The van der Waals surface area contributed by atoms with Crippen molar-refractivity contribution < 1.29 is 18.7 Å². The third-order valence-corrected chi connectivity index (χ3v) is 5.74. The number of ether oxygens (including phenoxy) is 1. The zero-order valence-electron chi connectivity index (χ0n) is 17.8. The topological polar surface area (TPSA) is 86.8 Å². The lowest BCUT2D eigenvalue weighted by molar-refractivity contribution is 0.0383. The van der Waals surface area contributed by atoms with Gasteiger partial charge in [0.2, 0.25) is 0 Å². The van der Waals surface area contributed by atoms with Gasteiger partial charge < -0.3 is 20.3 Å². The first-order valence-corrected chi connectivity index (χ1v) is 11.2. The Bertz CT molecular complexity index is 885. The Morgan fingerprint density at radius 2 is 2.03 bits per heavy atom. The number of halogens is 1. The number of benzene rings is 1. The number of rotatable bonds is 8. The van der Waals surface area contributed by atoms with Gasteiger partial charge in [-0.1, -0.05) is 12.1 Å². The van der Waals surface area contributed by atoms with Crippen LogP contribution in [-0.2, 0) is 11.3 Å². The fraction of sp³-hybridized carbons (Fsp3) is 0.476.